The molecule has 1 aromatic rings. The third-order valence-corrected chi connectivity index (χ3v) is 4.27. The van der Waals surface area contributed by atoms with Crippen LogP contribution in [0.5, 0.6) is 0 Å². The van der Waals surface area contributed by atoms with Crippen molar-refractivity contribution in [1.29, 1.82) is 0 Å². The summed E-state index contributed by atoms with van der Waals surface area (Å²) in [4.78, 5) is 0. The maximum absolute atomic E-state index is 5.90. The Bertz CT molecular complexity index is 369. The molecule has 0 radical (unpaired) electrons. The molecule has 2 rings (SSSR count). The molecule has 1 aromatic carbocycles. The molecular formula is C15H21ClO. The minimum atomic E-state index is 0.311. The van der Waals surface area contributed by atoms with Crippen molar-refractivity contribution >= 4 is 11.6 Å². The third-order valence-electron chi connectivity index (χ3n) is 4.02. The van der Waals surface area contributed by atoms with Gasteiger partial charge in [0, 0.05) is 12.1 Å². The van der Waals surface area contributed by atoms with Crippen molar-refractivity contribution in [2.75, 3.05) is 7.11 Å². The number of rotatable bonds is 3. The highest BCUT2D eigenvalue weighted by molar-refractivity contribution is 6.30. The van der Waals surface area contributed by atoms with Crippen molar-refractivity contribution in [3.05, 3.63) is 34.9 Å². The van der Waals surface area contributed by atoms with Crippen LogP contribution < -0.4 is 0 Å². The average molecular weight is 253 g/mol. The maximum atomic E-state index is 5.90. The Labute approximate surface area is 109 Å². The van der Waals surface area contributed by atoms with Gasteiger partial charge in [-0.05, 0) is 48.3 Å². The Morgan fingerprint density at radius 3 is 2.53 bits per heavy atom. The van der Waals surface area contributed by atoms with E-state index in [2.05, 4.69) is 26.0 Å². The summed E-state index contributed by atoms with van der Waals surface area (Å²) >= 11 is 5.90. The van der Waals surface area contributed by atoms with E-state index in [0.717, 1.165) is 11.4 Å². The Balaban J connectivity index is 2.07. The van der Waals surface area contributed by atoms with Crippen molar-refractivity contribution in [2.24, 2.45) is 11.3 Å². The van der Waals surface area contributed by atoms with Gasteiger partial charge < -0.3 is 4.74 Å². The number of ether oxygens (including phenoxy) is 1. The van der Waals surface area contributed by atoms with Crippen LogP contribution in [0.4, 0.5) is 0 Å². The summed E-state index contributed by atoms with van der Waals surface area (Å²) in [6.45, 7) is 4.62. The number of halogens is 1. The van der Waals surface area contributed by atoms with E-state index in [1.807, 2.05) is 19.2 Å². The van der Waals surface area contributed by atoms with Gasteiger partial charge in [-0.3, -0.25) is 0 Å². The van der Waals surface area contributed by atoms with E-state index in [9.17, 15) is 0 Å². The predicted molar refractivity (Wildman–Crippen MR) is 72.5 cm³/mol. The van der Waals surface area contributed by atoms with Gasteiger partial charge in [0.25, 0.3) is 0 Å². The quantitative estimate of drug-likeness (QED) is 0.778. The van der Waals surface area contributed by atoms with E-state index in [0.29, 0.717) is 17.4 Å². The molecule has 1 nitrogen and oxygen atoms in total. The lowest BCUT2D eigenvalue weighted by molar-refractivity contribution is 0.00206. The first-order chi connectivity index (χ1) is 8.03. The van der Waals surface area contributed by atoms with Crippen LogP contribution >= 0.6 is 11.6 Å². The SMILES string of the molecule is COC1C(Cc2ccc(Cl)cc2)CCC1(C)C. The van der Waals surface area contributed by atoms with Crippen LogP contribution in [0.1, 0.15) is 32.3 Å². The lowest BCUT2D eigenvalue weighted by Gasteiger charge is -2.29. The van der Waals surface area contributed by atoms with Gasteiger partial charge in [-0.2, -0.15) is 0 Å². The van der Waals surface area contributed by atoms with E-state index in [-0.39, 0.29) is 0 Å². The van der Waals surface area contributed by atoms with Gasteiger partial charge in [0.1, 0.15) is 0 Å². The fourth-order valence-corrected chi connectivity index (χ4v) is 3.26. The van der Waals surface area contributed by atoms with E-state index >= 15 is 0 Å². The Morgan fingerprint density at radius 2 is 1.94 bits per heavy atom. The van der Waals surface area contributed by atoms with E-state index in [1.54, 1.807) is 0 Å². The zero-order chi connectivity index (χ0) is 12.5. The first-order valence-corrected chi connectivity index (χ1v) is 6.68. The molecular weight excluding hydrogens is 232 g/mol. The van der Waals surface area contributed by atoms with Gasteiger partial charge in [-0.1, -0.05) is 37.6 Å². The molecule has 0 N–H and O–H groups in total. The minimum Gasteiger partial charge on any atom is -0.381 e. The Hall–Kier alpha value is -0.530. The molecule has 17 heavy (non-hydrogen) atoms. The van der Waals surface area contributed by atoms with Crippen LogP contribution in [-0.2, 0) is 11.2 Å². The molecule has 2 heteroatoms. The molecule has 0 spiro atoms. The molecule has 2 atom stereocenters. The Kier molecular flexibility index (Phi) is 3.79. The van der Waals surface area contributed by atoms with Crippen molar-refractivity contribution in [3.8, 4) is 0 Å². The normalized spacial score (nSPS) is 27.3. The largest absolute Gasteiger partial charge is 0.381 e. The molecule has 0 saturated heterocycles. The zero-order valence-corrected chi connectivity index (χ0v) is 11.6. The number of hydrogen-bond donors (Lipinski definition) is 0. The topological polar surface area (TPSA) is 9.23 Å². The summed E-state index contributed by atoms with van der Waals surface area (Å²) in [5, 5.41) is 0.809. The monoisotopic (exact) mass is 252 g/mol. The average Bonchev–Trinajstić information content (AvgIpc) is 2.57. The van der Waals surface area contributed by atoms with Gasteiger partial charge in [0.2, 0.25) is 0 Å². The fraction of sp³-hybridized carbons (Fsp3) is 0.600. The van der Waals surface area contributed by atoms with Gasteiger partial charge >= 0.3 is 0 Å². The zero-order valence-electron chi connectivity index (χ0n) is 10.9. The standard InChI is InChI=1S/C15H21ClO/c1-15(2)9-8-12(14(15)17-3)10-11-4-6-13(16)7-5-11/h4-7,12,14H,8-10H2,1-3H3. The fourth-order valence-electron chi connectivity index (χ4n) is 3.13. The van der Waals surface area contributed by atoms with Crippen LogP contribution in [0.15, 0.2) is 24.3 Å². The number of hydrogen-bond acceptors (Lipinski definition) is 1. The van der Waals surface area contributed by atoms with Crippen LogP contribution in [-0.4, -0.2) is 13.2 Å². The van der Waals surface area contributed by atoms with Crippen LogP contribution in [0, 0.1) is 11.3 Å². The molecule has 1 aliphatic rings. The van der Waals surface area contributed by atoms with Gasteiger partial charge in [-0.15, -0.1) is 0 Å². The smallest absolute Gasteiger partial charge is 0.0653 e. The van der Waals surface area contributed by atoms with Crippen molar-refractivity contribution in [3.63, 3.8) is 0 Å². The molecule has 94 valence electrons. The molecule has 0 heterocycles. The lowest BCUT2D eigenvalue weighted by Crippen LogP contribution is -2.31. The lowest BCUT2D eigenvalue weighted by atomic mass is 9.85. The van der Waals surface area contributed by atoms with Crippen molar-refractivity contribution in [1.82, 2.24) is 0 Å². The minimum absolute atomic E-state index is 0.311. The van der Waals surface area contributed by atoms with Crippen LogP contribution in [0.2, 0.25) is 5.02 Å². The highest BCUT2D eigenvalue weighted by atomic mass is 35.5. The molecule has 0 aliphatic heterocycles. The molecule has 2 unspecified atom stereocenters. The van der Waals surface area contributed by atoms with E-state index in [1.165, 1.54) is 18.4 Å². The van der Waals surface area contributed by atoms with Gasteiger partial charge in [-0.25, -0.2) is 0 Å². The summed E-state index contributed by atoms with van der Waals surface area (Å²) in [6, 6.07) is 8.19. The maximum Gasteiger partial charge on any atom is 0.0653 e. The summed E-state index contributed by atoms with van der Waals surface area (Å²) in [7, 11) is 1.84. The predicted octanol–water partition coefficient (Wildman–Crippen LogP) is 4.33. The van der Waals surface area contributed by atoms with Crippen molar-refractivity contribution < 1.29 is 4.74 Å². The molecule has 1 saturated carbocycles. The summed E-state index contributed by atoms with van der Waals surface area (Å²) < 4.78 is 5.71. The summed E-state index contributed by atoms with van der Waals surface area (Å²) in [5.41, 5.74) is 1.67. The van der Waals surface area contributed by atoms with Gasteiger partial charge in [0.05, 0.1) is 6.10 Å². The summed E-state index contributed by atoms with van der Waals surface area (Å²) in [6.07, 6.45) is 3.98. The molecule has 1 aliphatic carbocycles. The van der Waals surface area contributed by atoms with Crippen LogP contribution in [0.3, 0.4) is 0 Å². The molecule has 0 bridgehead atoms. The highest BCUT2D eigenvalue weighted by Crippen LogP contribution is 2.44. The molecule has 0 amide bonds. The Morgan fingerprint density at radius 1 is 1.29 bits per heavy atom. The van der Waals surface area contributed by atoms with Gasteiger partial charge in [0.15, 0.2) is 0 Å². The van der Waals surface area contributed by atoms with E-state index < -0.39 is 0 Å². The molecule has 0 aromatic heterocycles. The molecule has 1 fully saturated rings. The second-order valence-electron chi connectivity index (χ2n) is 5.77. The second kappa shape index (κ2) is 4.99. The van der Waals surface area contributed by atoms with Crippen molar-refractivity contribution in [2.45, 2.75) is 39.2 Å². The summed E-state index contributed by atoms with van der Waals surface area (Å²) in [5.74, 6) is 0.635. The first-order valence-electron chi connectivity index (χ1n) is 6.30. The second-order valence-corrected chi connectivity index (χ2v) is 6.21. The third kappa shape index (κ3) is 2.83. The number of benzene rings is 1. The van der Waals surface area contributed by atoms with E-state index in [4.69, 9.17) is 16.3 Å². The first kappa shape index (κ1) is 12.9. The number of methoxy groups -OCH3 is 1. The highest BCUT2D eigenvalue weighted by Gasteiger charge is 2.41. The van der Waals surface area contributed by atoms with Crippen LogP contribution in [0.25, 0.3) is 0 Å².